The van der Waals surface area contributed by atoms with Gasteiger partial charge in [-0.25, -0.2) is 0 Å². The third kappa shape index (κ3) is 4.57. The van der Waals surface area contributed by atoms with Crippen molar-refractivity contribution in [1.82, 2.24) is 10.2 Å². The zero-order chi connectivity index (χ0) is 16.8. The van der Waals surface area contributed by atoms with E-state index in [0.29, 0.717) is 19.6 Å². The molecule has 0 saturated carbocycles. The maximum Gasteiger partial charge on any atom is 0.266 e. The monoisotopic (exact) mass is 313 g/mol. The Kier molecular flexibility index (Phi) is 5.78. The second kappa shape index (κ2) is 7.80. The third-order valence-corrected chi connectivity index (χ3v) is 3.86. The smallest absolute Gasteiger partial charge is 0.266 e. The predicted molar refractivity (Wildman–Crippen MR) is 88.3 cm³/mol. The molecule has 1 aromatic rings. The van der Waals surface area contributed by atoms with Gasteiger partial charge in [-0.3, -0.25) is 4.79 Å². The van der Waals surface area contributed by atoms with Gasteiger partial charge in [-0.05, 0) is 31.9 Å². The normalized spacial score (nSPS) is 21.7. The summed E-state index contributed by atoms with van der Waals surface area (Å²) in [5.74, 6) is -0.244. The third-order valence-electron chi connectivity index (χ3n) is 3.86. The van der Waals surface area contributed by atoms with E-state index in [2.05, 4.69) is 5.32 Å². The summed E-state index contributed by atoms with van der Waals surface area (Å²) in [6.07, 6.45) is 1.49. The molecule has 1 fully saturated rings. The van der Waals surface area contributed by atoms with Gasteiger partial charge in [0, 0.05) is 25.8 Å². The topological polar surface area (TPSA) is 65.4 Å². The Balaban J connectivity index is 2.00. The zero-order valence-electron chi connectivity index (χ0n) is 13.9. The first-order valence-electron chi connectivity index (χ1n) is 7.84. The Bertz CT molecular complexity index is 623. The first-order chi connectivity index (χ1) is 11.0. The highest BCUT2D eigenvalue weighted by Crippen LogP contribution is 2.13. The summed E-state index contributed by atoms with van der Waals surface area (Å²) < 4.78 is 5.62. The molecule has 5 nitrogen and oxygen atoms in total. The van der Waals surface area contributed by atoms with Crippen molar-refractivity contribution in [2.45, 2.75) is 39.5 Å². The van der Waals surface area contributed by atoms with Crippen molar-refractivity contribution in [1.29, 1.82) is 5.26 Å². The van der Waals surface area contributed by atoms with Gasteiger partial charge >= 0.3 is 0 Å². The van der Waals surface area contributed by atoms with E-state index in [9.17, 15) is 10.1 Å². The van der Waals surface area contributed by atoms with Gasteiger partial charge in [0.05, 0.1) is 12.2 Å². The Labute approximate surface area is 137 Å². The SMILES string of the molecule is Cc1ccccc1CN/C=C(/C#N)C(=O)N1CC(C)OC(C)C1. The first-order valence-corrected chi connectivity index (χ1v) is 7.84. The number of rotatable bonds is 4. The van der Waals surface area contributed by atoms with Crippen molar-refractivity contribution >= 4 is 5.91 Å². The van der Waals surface area contributed by atoms with Crippen LogP contribution in [0.15, 0.2) is 36.0 Å². The number of hydrogen-bond donors (Lipinski definition) is 1. The lowest BCUT2D eigenvalue weighted by Gasteiger charge is -2.35. The van der Waals surface area contributed by atoms with Gasteiger partial charge in [-0.1, -0.05) is 24.3 Å². The van der Waals surface area contributed by atoms with Crippen LogP contribution in [-0.2, 0) is 16.1 Å². The maximum atomic E-state index is 12.5. The van der Waals surface area contributed by atoms with Crippen LogP contribution in [0.4, 0.5) is 0 Å². The van der Waals surface area contributed by atoms with E-state index in [4.69, 9.17) is 4.74 Å². The molecule has 0 bridgehead atoms. The van der Waals surface area contributed by atoms with Crippen molar-refractivity contribution in [3.05, 3.63) is 47.2 Å². The molecule has 0 radical (unpaired) electrons. The number of hydrogen-bond acceptors (Lipinski definition) is 4. The summed E-state index contributed by atoms with van der Waals surface area (Å²) in [5.41, 5.74) is 2.44. The molecule has 0 aliphatic carbocycles. The molecule has 2 rings (SSSR count). The number of nitriles is 1. The van der Waals surface area contributed by atoms with E-state index >= 15 is 0 Å². The number of nitrogens with one attached hydrogen (secondary N) is 1. The van der Waals surface area contributed by atoms with Crippen molar-refractivity contribution in [3.63, 3.8) is 0 Å². The van der Waals surface area contributed by atoms with Crippen molar-refractivity contribution in [3.8, 4) is 6.07 Å². The standard InChI is InChI=1S/C18H23N3O2/c1-13-6-4-5-7-16(13)9-20-10-17(8-19)18(22)21-11-14(2)23-15(3)12-21/h4-7,10,14-15,20H,9,11-12H2,1-3H3/b17-10-. The minimum absolute atomic E-state index is 0.0115. The molecule has 1 amide bonds. The van der Waals surface area contributed by atoms with Crippen LogP contribution < -0.4 is 5.32 Å². The maximum absolute atomic E-state index is 12.5. The Morgan fingerprint density at radius 1 is 1.39 bits per heavy atom. The van der Waals surface area contributed by atoms with Gasteiger partial charge < -0.3 is 15.0 Å². The Morgan fingerprint density at radius 3 is 2.65 bits per heavy atom. The first kappa shape index (κ1) is 17.0. The zero-order valence-corrected chi connectivity index (χ0v) is 13.9. The number of nitrogens with zero attached hydrogens (tertiary/aromatic N) is 2. The number of carbonyl (C=O) groups is 1. The fourth-order valence-electron chi connectivity index (χ4n) is 2.73. The number of morpholine rings is 1. The van der Waals surface area contributed by atoms with E-state index in [1.54, 1.807) is 4.90 Å². The van der Waals surface area contributed by atoms with Crippen LogP contribution in [0.5, 0.6) is 0 Å². The summed E-state index contributed by atoms with van der Waals surface area (Å²) in [4.78, 5) is 14.2. The molecular weight excluding hydrogens is 290 g/mol. The van der Waals surface area contributed by atoms with E-state index in [1.165, 1.54) is 11.8 Å². The molecule has 1 N–H and O–H groups in total. The lowest BCUT2D eigenvalue weighted by molar-refractivity contribution is -0.138. The number of aryl methyl sites for hydroxylation is 1. The Hall–Kier alpha value is -2.32. The van der Waals surface area contributed by atoms with Gasteiger partial charge in [0.25, 0.3) is 5.91 Å². The van der Waals surface area contributed by atoms with E-state index in [0.717, 1.165) is 5.56 Å². The second-order valence-electron chi connectivity index (χ2n) is 5.94. The number of carbonyl (C=O) groups excluding carboxylic acids is 1. The van der Waals surface area contributed by atoms with Crippen molar-refractivity contribution in [2.75, 3.05) is 13.1 Å². The fourth-order valence-corrected chi connectivity index (χ4v) is 2.73. The minimum Gasteiger partial charge on any atom is -0.386 e. The molecule has 122 valence electrons. The minimum atomic E-state index is -0.244. The van der Waals surface area contributed by atoms with E-state index < -0.39 is 0 Å². The summed E-state index contributed by atoms with van der Waals surface area (Å²) in [5, 5.41) is 12.3. The van der Waals surface area contributed by atoms with Crippen LogP contribution in [0, 0.1) is 18.3 Å². The highest BCUT2D eigenvalue weighted by atomic mass is 16.5. The molecule has 1 aromatic carbocycles. The van der Waals surface area contributed by atoms with Crippen LogP contribution in [0.25, 0.3) is 0 Å². The van der Waals surface area contributed by atoms with Crippen molar-refractivity contribution < 1.29 is 9.53 Å². The highest BCUT2D eigenvalue weighted by molar-refractivity contribution is 5.97. The molecule has 5 heteroatoms. The van der Waals surface area contributed by atoms with Gasteiger partial charge in [0.1, 0.15) is 11.6 Å². The molecule has 0 spiro atoms. The summed E-state index contributed by atoms with van der Waals surface area (Å²) in [7, 11) is 0. The lowest BCUT2D eigenvalue weighted by atomic mass is 10.1. The van der Waals surface area contributed by atoms with E-state index in [-0.39, 0.29) is 23.7 Å². The van der Waals surface area contributed by atoms with E-state index in [1.807, 2.05) is 51.1 Å². The average molecular weight is 313 g/mol. The molecule has 1 aliphatic rings. The van der Waals surface area contributed by atoms with Crippen molar-refractivity contribution in [2.24, 2.45) is 0 Å². The molecule has 2 unspecified atom stereocenters. The van der Waals surface area contributed by atoms with Crippen LogP contribution in [0.3, 0.4) is 0 Å². The second-order valence-corrected chi connectivity index (χ2v) is 5.94. The molecule has 1 saturated heterocycles. The van der Waals surface area contributed by atoms with Crippen LogP contribution >= 0.6 is 0 Å². The lowest BCUT2D eigenvalue weighted by Crippen LogP contribution is -2.48. The Morgan fingerprint density at radius 2 is 2.04 bits per heavy atom. The van der Waals surface area contributed by atoms with Gasteiger partial charge in [-0.15, -0.1) is 0 Å². The van der Waals surface area contributed by atoms with Crippen LogP contribution in [0.1, 0.15) is 25.0 Å². The summed E-state index contributed by atoms with van der Waals surface area (Å²) >= 11 is 0. The van der Waals surface area contributed by atoms with Crippen LogP contribution in [0.2, 0.25) is 0 Å². The molecular formula is C18H23N3O2. The highest BCUT2D eigenvalue weighted by Gasteiger charge is 2.27. The van der Waals surface area contributed by atoms with Gasteiger partial charge in [-0.2, -0.15) is 5.26 Å². The molecule has 2 atom stereocenters. The summed E-state index contributed by atoms with van der Waals surface area (Å²) in [6, 6.07) is 10.0. The van der Waals surface area contributed by atoms with Gasteiger partial charge in [0.15, 0.2) is 0 Å². The van der Waals surface area contributed by atoms with Gasteiger partial charge in [0.2, 0.25) is 0 Å². The molecule has 0 aromatic heterocycles. The fraction of sp³-hybridized carbons (Fsp3) is 0.444. The molecule has 1 aliphatic heterocycles. The number of benzene rings is 1. The molecule has 23 heavy (non-hydrogen) atoms. The summed E-state index contributed by atoms with van der Waals surface area (Å²) in [6.45, 7) is 7.51. The largest absolute Gasteiger partial charge is 0.386 e. The average Bonchev–Trinajstić information content (AvgIpc) is 2.51. The molecule has 1 heterocycles. The van der Waals surface area contributed by atoms with Crippen LogP contribution in [-0.4, -0.2) is 36.1 Å². The number of amides is 1. The predicted octanol–water partition coefficient (Wildman–Crippen LogP) is 2.13. The number of ether oxygens (including phenoxy) is 1. The quantitative estimate of drug-likeness (QED) is 0.683.